The Bertz CT molecular complexity index is 305. The minimum atomic E-state index is 0.373. The van der Waals surface area contributed by atoms with Gasteiger partial charge in [0.15, 0.2) is 0 Å². The maximum atomic E-state index is 12.4. The first-order valence-electron chi connectivity index (χ1n) is 8.13. The fourth-order valence-electron chi connectivity index (χ4n) is 3.75. The highest BCUT2D eigenvalue weighted by Crippen LogP contribution is 2.28. The third-order valence-corrected chi connectivity index (χ3v) is 5.28. The van der Waals surface area contributed by atoms with Crippen LogP contribution in [-0.2, 0) is 4.79 Å². The van der Waals surface area contributed by atoms with E-state index in [9.17, 15) is 4.79 Å². The van der Waals surface area contributed by atoms with Crippen molar-refractivity contribution in [1.82, 2.24) is 4.90 Å². The van der Waals surface area contributed by atoms with Gasteiger partial charge in [-0.3, -0.25) is 4.79 Å². The summed E-state index contributed by atoms with van der Waals surface area (Å²) in [5, 5.41) is 0. The molecule has 1 saturated heterocycles. The van der Waals surface area contributed by atoms with Gasteiger partial charge in [-0.1, -0.05) is 19.8 Å². The van der Waals surface area contributed by atoms with Crippen molar-refractivity contribution in [2.75, 3.05) is 6.54 Å². The fourth-order valence-corrected chi connectivity index (χ4v) is 3.75. The zero-order chi connectivity index (χ0) is 13.8. The Kier molecular flexibility index (Phi) is 5.26. The Morgan fingerprint density at radius 3 is 2.74 bits per heavy atom. The number of amides is 1. The third-order valence-electron chi connectivity index (χ3n) is 5.28. The second-order valence-electron chi connectivity index (χ2n) is 6.78. The van der Waals surface area contributed by atoms with Gasteiger partial charge in [-0.05, 0) is 50.9 Å². The van der Waals surface area contributed by atoms with E-state index in [-0.39, 0.29) is 0 Å². The Balaban J connectivity index is 1.77. The molecular weight excluding hydrogens is 236 g/mol. The van der Waals surface area contributed by atoms with Crippen molar-refractivity contribution in [2.24, 2.45) is 17.6 Å². The topological polar surface area (TPSA) is 46.3 Å². The molecule has 0 radical (unpaired) electrons. The van der Waals surface area contributed by atoms with E-state index in [0.29, 0.717) is 29.8 Å². The van der Waals surface area contributed by atoms with Gasteiger partial charge >= 0.3 is 0 Å². The smallest absolute Gasteiger partial charge is 0.222 e. The minimum Gasteiger partial charge on any atom is -0.340 e. The lowest BCUT2D eigenvalue weighted by Crippen LogP contribution is -2.46. The molecule has 4 unspecified atom stereocenters. The first kappa shape index (κ1) is 14.8. The molecule has 2 rings (SSSR count). The summed E-state index contributed by atoms with van der Waals surface area (Å²) in [6.07, 6.45) is 9.03. The van der Waals surface area contributed by atoms with Crippen LogP contribution in [0.4, 0.5) is 0 Å². The van der Waals surface area contributed by atoms with E-state index >= 15 is 0 Å². The number of rotatable bonds is 3. The third kappa shape index (κ3) is 3.95. The fraction of sp³-hybridized carbons (Fsp3) is 0.938. The van der Waals surface area contributed by atoms with E-state index in [0.717, 1.165) is 25.8 Å². The molecule has 1 aliphatic carbocycles. The number of nitrogens with zero attached hydrogens (tertiary/aromatic N) is 1. The quantitative estimate of drug-likeness (QED) is 0.853. The van der Waals surface area contributed by atoms with Gasteiger partial charge in [-0.15, -0.1) is 0 Å². The van der Waals surface area contributed by atoms with Gasteiger partial charge in [0, 0.05) is 25.0 Å². The molecule has 3 heteroatoms. The summed E-state index contributed by atoms with van der Waals surface area (Å²) in [5.41, 5.74) is 6.02. The highest BCUT2D eigenvalue weighted by atomic mass is 16.2. The molecule has 2 aliphatic rings. The molecule has 0 aromatic carbocycles. The highest BCUT2D eigenvalue weighted by molar-refractivity contribution is 5.76. The highest BCUT2D eigenvalue weighted by Gasteiger charge is 2.28. The monoisotopic (exact) mass is 266 g/mol. The van der Waals surface area contributed by atoms with Crippen LogP contribution in [0.25, 0.3) is 0 Å². The maximum absolute atomic E-state index is 12.4. The number of hydrogen-bond acceptors (Lipinski definition) is 2. The number of carbonyl (C=O) groups is 1. The molecule has 3 nitrogen and oxygen atoms in total. The molecule has 1 amide bonds. The number of nitrogens with two attached hydrogens (primary N) is 1. The van der Waals surface area contributed by atoms with E-state index < -0.39 is 0 Å². The van der Waals surface area contributed by atoms with Crippen molar-refractivity contribution in [3.05, 3.63) is 0 Å². The summed E-state index contributed by atoms with van der Waals surface area (Å²) < 4.78 is 0. The molecule has 2 fully saturated rings. The first-order chi connectivity index (χ1) is 9.08. The lowest BCUT2D eigenvalue weighted by atomic mass is 9.83. The molecule has 1 aliphatic heterocycles. The second-order valence-corrected chi connectivity index (χ2v) is 6.78. The van der Waals surface area contributed by atoms with Crippen LogP contribution in [0, 0.1) is 11.8 Å². The lowest BCUT2D eigenvalue weighted by Gasteiger charge is -2.38. The lowest BCUT2D eigenvalue weighted by molar-refractivity contribution is -0.136. The minimum absolute atomic E-state index is 0.373. The van der Waals surface area contributed by atoms with E-state index in [1.807, 2.05) is 0 Å². The summed E-state index contributed by atoms with van der Waals surface area (Å²) in [7, 11) is 0. The van der Waals surface area contributed by atoms with E-state index in [1.54, 1.807) is 0 Å². The summed E-state index contributed by atoms with van der Waals surface area (Å²) in [6, 6.07) is 0.803. The summed E-state index contributed by atoms with van der Waals surface area (Å²) in [6.45, 7) is 5.44. The van der Waals surface area contributed by atoms with Gasteiger partial charge in [0.1, 0.15) is 0 Å². The molecular formula is C16H30N2O. The Labute approximate surface area is 117 Å². The average Bonchev–Trinajstić information content (AvgIpc) is 2.39. The second kappa shape index (κ2) is 6.74. The molecule has 1 saturated carbocycles. The van der Waals surface area contributed by atoms with Crippen LogP contribution in [0.15, 0.2) is 0 Å². The van der Waals surface area contributed by atoms with E-state index in [1.165, 1.54) is 32.1 Å². The van der Waals surface area contributed by atoms with Gasteiger partial charge in [-0.25, -0.2) is 0 Å². The maximum Gasteiger partial charge on any atom is 0.222 e. The van der Waals surface area contributed by atoms with Gasteiger partial charge in [0.2, 0.25) is 5.91 Å². The van der Waals surface area contributed by atoms with Gasteiger partial charge in [0.25, 0.3) is 0 Å². The van der Waals surface area contributed by atoms with Crippen LogP contribution in [0.2, 0.25) is 0 Å². The van der Waals surface area contributed by atoms with Crippen LogP contribution in [0.1, 0.15) is 65.2 Å². The average molecular weight is 266 g/mol. The standard InChI is InChI=1S/C16H30N2O/c1-12-5-4-10-18(13(12)2)16(19)9-8-14-6-3-7-15(17)11-14/h12-15H,3-11,17H2,1-2H3. The molecule has 0 spiro atoms. The predicted octanol–water partition coefficient (Wildman–Crippen LogP) is 2.93. The van der Waals surface area contributed by atoms with E-state index in [2.05, 4.69) is 18.7 Å². The predicted molar refractivity (Wildman–Crippen MR) is 78.7 cm³/mol. The van der Waals surface area contributed by atoms with Gasteiger partial charge in [-0.2, -0.15) is 0 Å². The van der Waals surface area contributed by atoms with Crippen molar-refractivity contribution in [1.29, 1.82) is 0 Å². The van der Waals surface area contributed by atoms with Crippen molar-refractivity contribution in [3.8, 4) is 0 Å². The number of carbonyl (C=O) groups excluding carboxylic acids is 1. The van der Waals surface area contributed by atoms with Crippen molar-refractivity contribution < 1.29 is 4.79 Å². The molecule has 2 N–H and O–H groups in total. The molecule has 0 aromatic heterocycles. The summed E-state index contributed by atoms with van der Waals surface area (Å²) in [5.74, 6) is 1.71. The van der Waals surface area contributed by atoms with Crippen LogP contribution in [0.5, 0.6) is 0 Å². The SMILES string of the molecule is CC1CCCN(C(=O)CCC2CCCC(N)C2)C1C. The van der Waals surface area contributed by atoms with Crippen molar-refractivity contribution in [3.63, 3.8) is 0 Å². The summed E-state index contributed by atoms with van der Waals surface area (Å²) >= 11 is 0. The zero-order valence-corrected chi connectivity index (χ0v) is 12.6. The molecule has 0 bridgehead atoms. The Morgan fingerprint density at radius 1 is 1.21 bits per heavy atom. The molecule has 4 atom stereocenters. The van der Waals surface area contributed by atoms with Crippen LogP contribution < -0.4 is 5.73 Å². The van der Waals surface area contributed by atoms with Crippen LogP contribution in [-0.4, -0.2) is 29.4 Å². The Hall–Kier alpha value is -0.570. The number of likely N-dealkylation sites (tertiary alicyclic amines) is 1. The normalized spacial score (nSPS) is 36.3. The Morgan fingerprint density at radius 2 is 2.00 bits per heavy atom. The van der Waals surface area contributed by atoms with E-state index in [4.69, 9.17) is 5.73 Å². The first-order valence-corrected chi connectivity index (χ1v) is 8.13. The van der Waals surface area contributed by atoms with Gasteiger partial charge in [0.05, 0.1) is 0 Å². The molecule has 1 heterocycles. The molecule has 19 heavy (non-hydrogen) atoms. The van der Waals surface area contributed by atoms with Gasteiger partial charge < -0.3 is 10.6 Å². The van der Waals surface area contributed by atoms with Crippen molar-refractivity contribution >= 4 is 5.91 Å². The molecule has 110 valence electrons. The van der Waals surface area contributed by atoms with Crippen molar-refractivity contribution in [2.45, 2.75) is 77.3 Å². The zero-order valence-electron chi connectivity index (χ0n) is 12.6. The number of hydrogen-bond donors (Lipinski definition) is 1. The molecule has 0 aromatic rings. The number of piperidine rings is 1. The largest absolute Gasteiger partial charge is 0.340 e. The van der Waals surface area contributed by atoms with Crippen LogP contribution >= 0.6 is 0 Å². The summed E-state index contributed by atoms with van der Waals surface area (Å²) in [4.78, 5) is 14.5. The van der Waals surface area contributed by atoms with Crippen LogP contribution in [0.3, 0.4) is 0 Å².